The van der Waals surface area contributed by atoms with Gasteiger partial charge in [0.25, 0.3) is 0 Å². The van der Waals surface area contributed by atoms with Crippen LogP contribution in [0.15, 0.2) is 36.5 Å². The first-order valence-electron chi connectivity index (χ1n) is 8.26. The summed E-state index contributed by atoms with van der Waals surface area (Å²) in [5.74, 6) is 1.71. The average Bonchev–Trinajstić information content (AvgIpc) is 3.08. The molecule has 3 rings (SSSR count). The molecule has 3 aromatic rings. The number of fused-ring (bicyclic) bond motifs is 1. The topological polar surface area (TPSA) is 85.6 Å². The van der Waals surface area contributed by atoms with Crippen LogP contribution in [0, 0.1) is 4.64 Å². The highest BCUT2D eigenvalue weighted by Gasteiger charge is 2.16. The van der Waals surface area contributed by atoms with E-state index in [1.165, 1.54) is 0 Å². The SMILES string of the molecule is COCC(COC)Oc1cc(Oc2ccc(=S)[nH]c2)cc2cc(C=O)[nH]c12. The highest BCUT2D eigenvalue weighted by Crippen LogP contribution is 2.34. The zero-order valence-corrected chi connectivity index (χ0v) is 15.8. The molecule has 2 heterocycles. The van der Waals surface area contributed by atoms with Gasteiger partial charge in [0.05, 0.1) is 24.4 Å². The molecule has 2 aromatic heterocycles. The fourth-order valence-corrected chi connectivity index (χ4v) is 2.81. The lowest BCUT2D eigenvalue weighted by Crippen LogP contribution is -2.27. The van der Waals surface area contributed by atoms with Gasteiger partial charge in [-0.15, -0.1) is 0 Å². The van der Waals surface area contributed by atoms with Gasteiger partial charge in [-0.25, -0.2) is 0 Å². The molecule has 0 spiro atoms. The van der Waals surface area contributed by atoms with Crippen molar-refractivity contribution in [1.29, 1.82) is 0 Å². The van der Waals surface area contributed by atoms with Crippen molar-refractivity contribution in [1.82, 2.24) is 9.97 Å². The van der Waals surface area contributed by atoms with Gasteiger partial charge in [-0.2, -0.15) is 0 Å². The Morgan fingerprint density at radius 3 is 2.52 bits per heavy atom. The lowest BCUT2D eigenvalue weighted by atomic mass is 10.2. The Bertz CT molecular complexity index is 955. The molecule has 0 atom stereocenters. The zero-order chi connectivity index (χ0) is 19.2. The Labute approximate surface area is 161 Å². The van der Waals surface area contributed by atoms with Gasteiger partial charge < -0.3 is 28.9 Å². The van der Waals surface area contributed by atoms with Crippen LogP contribution in [0.3, 0.4) is 0 Å². The predicted molar refractivity (Wildman–Crippen MR) is 104 cm³/mol. The molecule has 7 nitrogen and oxygen atoms in total. The molecule has 0 fully saturated rings. The van der Waals surface area contributed by atoms with Gasteiger partial charge in [0.15, 0.2) is 6.29 Å². The van der Waals surface area contributed by atoms with E-state index >= 15 is 0 Å². The summed E-state index contributed by atoms with van der Waals surface area (Å²) in [5.41, 5.74) is 1.15. The number of ether oxygens (including phenoxy) is 4. The first-order valence-corrected chi connectivity index (χ1v) is 8.67. The standard InChI is InChI=1S/C19H20N2O5S/c1-23-10-16(11-24-2)26-17-7-15(25-14-3-4-18(27)20-8-14)6-12-5-13(9-22)21-19(12)17/h3-9,16,21H,10-11H2,1-2H3,(H,20,27). The van der Waals surface area contributed by atoms with Gasteiger partial charge >= 0.3 is 0 Å². The quantitative estimate of drug-likeness (QED) is 0.428. The molecular formula is C19H20N2O5S. The van der Waals surface area contributed by atoms with E-state index in [2.05, 4.69) is 9.97 Å². The molecule has 27 heavy (non-hydrogen) atoms. The maximum Gasteiger partial charge on any atom is 0.166 e. The van der Waals surface area contributed by atoms with Gasteiger partial charge in [-0.05, 0) is 24.3 Å². The van der Waals surface area contributed by atoms with Crippen LogP contribution >= 0.6 is 12.2 Å². The molecule has 0 amide bonds. The fourth-order valence-electron chi connectivity index (χ4n) is 2.69. The van der Waals surface area contributed by atoms with Crippen molar-refractivity contribution in [3.63, 3.8) is 0 Å². The van der Waals surface area contributed by atoms with E-state index in [0.717, 1.165) is 11.7 Å². The van der Waals surface area contributed by atoms with Gasteiger partial charge in [-0.3, -0.25) is 4.79 Å². The van der Waals surface area contributed by atoms with E-state index in [1.807, 2.05) is 6.07 Å². The Morgan fingerprint density at radius 2 is 1.89 bits per heavy atom. The fraction of sp³-hybridized carbons (Fsp3) is 0.263. The first kappa shape index (κ1) is 19.1. The summed E-state index contributed by atoms with van der Waals surface area (Å²) in [5, 5.41) is 0.794. The average molecular weight is 388 g/mol. The van der Waals surface area contributed by atoms with Crippen LogP contribution in [-0.2, 0) is 9.47 Å². The Kier molecular flexibility index (Phi) is 6.23. The second-order valence-electron chi connectivity index (χ2n) is 5.87. The highest BCUT2D eigenvalue weighted by atomic mass is 32.1. The second-order valence-corrected chi connectivity index (χ2v) is 6.31. The minimum Gasteiger partial charge on any atom is -0.483 e. The molecule has 0 radical (unpaired) electrons. The van der Waals surface area contributed by atoms with Gasteiger partial charge in [-0.1, -0.05) is 12.2 Å². The molecule has 0 unspecified atom stereocenters. The minimum absolute atomic E-state index is 0.311. The number of carbonyl (C=O) groups excluding carboxylic acids is 1. The Morgan fingerprint density at radius 1 is 1.11 bits per heavy atom. The number of nitrogens with one attached hydrogen (secondary N) is 2. The van der Waals surface area contributed by atoms with Crippen molar-refractivity contribution in [3.8, 4) is 17.2 Å². The van der Waals surface area contributed by atoms with Gasteiger partial charge in [0.2, 0.25) is 0 Å². The van der Waals surface area contributed by atoms with E-state index in [-0.39, 0.29) is 6.10 Å². The third-order valence-corrected chi connectivity index (χ3v) is 4.06. The van der Waals surface area contributed by atoms with E-state index in [0.29, 0.717) is 46.3 Å². The first-order chi connectivity index (χ1) is 13.1. The summed E-state index contributed by atoms with van der Waals surface area (Å²) in [7, 11) is 3.19. The van der Waals surface area contributed by atoms with Crippen molar-refractivity contribution in [2.24, 2.45) is 0 Å². The van der Waals surface area contributed by atoms with Crippen molar-refractivity contribution in [2.45, 2.75) is 6.10 Å². The minimum atomic E-state index is -0.311. The number of carbonyl (C=O) groups is 1. The normalized spacial score (nSPS) is 11.1. The van der Waals surface area contributed by atoms with E-state index in [4.69, 9.17) is 31.2 Å². The lowest BCUT2D eigenvalue weighted by Gasteiger charge is -2.19. The molecule has 0 bridgehead atoms. The number of aromatic amines is 2. The predicted octanol–water partition coefficient (Wildman–Crippen LogP) is 3.87. The molecule has 0 aliphatic carbocycles. The monoisotopic (exact) mass is 388 g/mol. The Balaban J connectivity index is 1.98. The van der Waals surface area contributed by atoms with Crippen molar-refractivity contribution < 1.29 is 23.7 Å². The van der Waals surface area contributed by atoms with Gasteiger partial charge in [0.1, 0.15) is 28.0 Å². The number of rotatable bonds is 9. The number of methoxy groups -OCH3 is 2. The van der Waals surface area contributed by atoms with Crippen LogP contribution in [0.1, 0.15) is 10.5 Å². The van der Waals surface area contributed by atoms with Crippen LogP contribution in [0.4, 0.5) is 0 Å². The van der Waals surface area contributed by atoms with Crippen LogP contribution < -0.4 is 9.47 Å². The molecule has 0 aliphatic rings. The Hall–Kier alpha value is -2.68. The number of pyridine rings is 1. The number of hydrogen-bond donors (Lipinski definition) is 2. The number of aromatic nitrogens is 2. The molecular weight excluding hydrogens is 368 g/mol. The molecule has 142 valence electrons. The summed E-state index contributed by atoms with van der Waals surface area (Å²) < 4.78 is 23.0. The second kappa shape index (κ2) is 8.81. The van der Waals surface area contributed by atoms with E-state index in [9.17, 15) is 4.79 Å². The molecule has 2 N–H and O–H groups in total. The molecule has 0 saturated heterocycles. The van der Waals surface area contributed by atoms with Crippen LogP contribution in [0.5, 0.6) is 17.2 Å². The number of hydrogen-bond acceptors (Lipinski definition) is 6. The van der Waals surface area contributed by atoms with Crippen molar-refractivity contribution in [3.05, 3.63) is 46.9 Å². The van der Waals surface area contributed by atoms with Crippen LogP contribution in [-0.4, -0.2) is 49.8 Å². The summed E-state index contributed by atoms with van der Waals surface area (Å²) in [4.78, 5) is 17.1. The summed E-state index contributed by atoms with van der Waals surface area (Å²) in [6.45, 7) is 0.716. The van der Waals surface area contributed by atoms with Crippen LogP contribution in [0.2, 0.25) is 0 Å². The molecule has 1 aromatic carbocycles. The number of aldehydes is 1. The lowest BCUT2D eigenvalue weighted by molar-refractivity contribution is 0.0251. The van der Waals surface area contributed by atoms with Crippen molar-refractivity contribution >= 4 is 29.4 Å². The maximum absolute atomic E-state index is 11.2. The highest BCUT2D eigenvalue weighted by molar-refractivity contribution is 7.71. The summed E-state index contributed by atoms with van der Waals surface area (Å²) >= 11 is 5.04. The van der Waals surface area contributed by atoms with Crippen LogP contribution in [0.25, 0.3) is 10.9 Å². The third-order valence-electron chi connectivity index (χ3n) is 3.80. The smallest absolute Gasteiger partial charge is 0.166 e. The maximum atomic E-state index is 11.2. The summed E-state index contributed by atoms with van der Waals surface area (Å²) in [6, 6.07) is 8.84. The largest absolute Gasteiger partial charge is 0.483 e. The van der Waals surface area contributed by atoms with Gasteiger partial charge in [0, 0.05) is 31.9 Å². The zero-order valence-electron chi connectivity index (χ0n) is 15.0. The number of H-pyrrole nitrogens is 2. The molecule has 0 saturated carbocycles. The van der Waals surface area contributed by atoms with E-state index < -0.39 is 0 Å². The third kappa shape index (κ3) is 4.73. The molecule has 8 heteroatoms. The number of benzene rings is 1. The molecule has 0 aliphatic heterocycles. The van der Waals surface area contributed by atoms with Crippen molar-refractivity contribution in [2.75, 3.05) is 27.4 Å². The summed E-state index contributed by atoms with van der Waals surface area (Å²) in [6.07, 6.45) is 2.12. The van der Waals surface area contributed by atoms with E-state index in [1.54, 1.807) is 44.7 Å².